The summed E-state index contributed by atoms with van der Waals surface area (Å²) < 4.78 is 32.8. The third-order valence-corrected chi connectivity index (χ3v) is 8.23. The van der Waals surface area contributed by atoms with Gasteiger partial charge in [0.15, 0.2) is 0 Å². The molecular weight excluding hydrogens is 470 g/mol. The molecular formula is C21H38N2O8P2. The Hall–Kier alpha value is -1.54. The van der Waals surface area contributed by atoms with Crippen LogP contribution in [0.2, 0.25) is 0 Å². The van der Waals surface area contributed by atoms with Crippen LogP contribution in [0.1, 0.15) is 59.9 Å². The molecule has 0 aromatic heterocycles. The van der Waals surface area contributed by atoms with Crippen LogP contribution < -0.4 is 10.6 Å². The summed E-state index contributed by atoms with van der Waals surface area (Å²) in [6, 6.07) is 6.62. The highest BCUT2D eigenvalue weighted by Gasteiger charge is 2.43. The third-order valence-electron chi connectivity index (χ3n) is 4.37. The quantitative estimate of drug-likeness (QED) is 0.251. The van der Waals surface area contributed by atoms with Crippen LogP contribution in [0.15, 0.2) is 24.3 Å². The zero-order chi connectivity index (χ0) is 25.9. The normalized spacial score (nSPS) is 15.9. The lowest BCUT2D eigenvalue weighted by atomic mass is 10.1. The maximum Gasteiger partial charge on any atom is 0.479 e. The molecule has 0 heterocycles. The number of rotatable bonds is 11. The van der Waals surface area contributed by atoms with E-state index < -0.39 is 20.6 Å². The molecule has 0 bridgehead atoms. The van der Waals surface area contributed by atoms with Crippen LogP contribution in [0.25, 0.3) is 0 Å². The molecule has 0 aliphatic carbocycles. The van der Waals surface area contributed by atoms with E-state index in [-0.39, 0.29) is 24.5 Å². The summed E-state index contributed by atoms with van der Waals surface area (Å²) in [6.07, 6.45) is 2.10. The molecule has 0 aliphatic rings. The summed E-state index contributed by atoms with van der Waals surface area (Å²) in [5.74, 6) is 0.131. The lowest BCUT2D eigenvalue weighted by Gasteiger charge is -2.26. The lowest BCUT2D eigenvalue weighted by molar-refractivity contribution is -0.124. The topological polar surface area (TPSA) is 151 Å². The van der Waals surface area contributed by atoms with Crippen molar-refractivity contribution in [1.82, 2.24) is 5.32 Å². The summed E-state index contributed by atoms with van der Waals surface area (Å²) in [5, 5.41) is 4.42. The summed E-state index contributed by atoms with van der Waals surface area (Å²) in [4.78, 5) is 40.7. The van der Waals surface area contributed by atoms with E-state index in [2.05, 4.69) is 14.9 Å². The SMILES string of the molecule is CCCC(=O)N[C@H](C=O)C(C)C.CNc1ccc(COP(=O)(O)OP(=O)(O)C(C)(C)C)cc1. The molecule has 1 rings (SSSR count). The molecule has 12 heteroatoms. The molecule has 3 atom stereocenters. The van der Waals surface area contributed by atoms with Crippen LogP contribution in [-0.2, 0) is 34.2 Å². The minimum Gasteiger partial charge on any atom is -0.388 e. The fraction of sp³-hybridized carbons (Fsp3) is 0.619. The maximum atomic E-state index is 11.9. The van der Waals surface area contributed by atoms with Gasteiger partial charge in [-0.1, -0.05) is 32.9 Å². The Kier molecular flexibility index (Phi) is 13.3. The fourth-order valence-corrected chi connectivity index (χ4v) is 4.65. The fourth-order valence-electron chi connectivity index (χ4n) is 2.05. The number of benzene rings is 1. The molecule has 190 valence electrons. The second kappa shape index (κ2) is 14.0. The zero-order valence-electron chi connectivity index (χ0n) is 20.4. The van der Waals surface area contributed by atoms with E-state index in [0.717, 1.165) is 18.4 Å². The van der Waals surface area contributed by atoms with Gasteiger partial charge in [-0.05, 0) is 50.8 Å². The number of amides is 1. The van der Waals surface area contributed by atoms with Gasteiger partial charge in [0.25, 0.3) is 0 Å². The van der Waals surface area contributed by atoms with Gasteiger partial charge in [-0.15, -0.1) is 0 Å². The second-order valence-corrected chi connectivity index (χ2v) is 12.9. The number of nitrogens with one attached hydrogen (secondary N) is 2. The molecule has 2 unspecified atom stereocenters. The first-order valence-electron chi connectivity index (χ1n) is 10.6. The van der Waals surface area contributed by atoms with Crippen molar-refractivity contribution in [3.8, 4) is 0 Å². The summed E-state index contributed by atoms with van der Waals surface area (Å²) in [7, 11) is -7.13. The van der Waals surface area contributed by atoms with Gasteiger partial charge in [-0.25, -0.2) is 8.88 Å². The molecule has 0 aliphatic heterocycles. The predicted octanol–water partition coefficient (Wildman–Crippen LogP) is 4.47. The Labute approximate surface area is 196 Å². The first-order chi connectivity index (χ1) is 15.1. The highest BCUT2D eigenvalue weighted by Crippen LogP contribution is 2.66. The van der Waals surface area contributed by atoms with E-state index >= 15 is 0 Å². The molecule has 33 heavy (non-hydrogen) atoms. The molecule has 1 amide bonds. The summed E-state index contributed by atoms with van der Waals surface area (Å²) in [5.41, 5.74) is 1.52. The van der Waals surface area contributed by atoms with E-state index in [0.29, 0.717) is 12.0 Å². The third kappa shape index (κ3) is 12.5. The van der Waals surface area contributed by atoms with Gasteiger partial charge in [-0.2, -0.15) is 0 Å². The Balaban J connectivity index is 0.000000728. The highest BCUT2D eigenvalue weighted by atomic mass is 31.3. The Bertz CT molecular complexity index is 838. The Morgan fingerprint density at radius 3 is 2.09 bits per heavy atom. The molecule has 4 N–H and O–H groups in total. The van der Waals surface area contributed by atoms with Crippen molar-refractivity contribution < 1.29 is 37.3 Å². The van der Waals surface area contributed by atoms with Crippen molar-refractivity contribution in [2.75, 3.05) is 12.4 Å². The van der Waals surface area contributed by atoms with Crippen molar-refractivity contribution in [1.29, 1.82) is 0 Å². The van der Waals surface area contributed by atoms with Crippen LogP contribution in [0.4, 0.5) is 5.69 Å². The number of anilines is 1. The lowest BCUT2D eigenvalue weighted by Crippen LogP contribution is -2.39. The highest BCUT2D eigenvalue weighted by molar-refractivity contribution is 7.64. The summed E-state index contributed by atoms with van der Waals surface area (Å²) >= 11 is 0. The minimum absolute atomic E-state index is 0.0386. The van der Waals surface area contributed by atoms with Crippen LogP contribution in [0, 0.1) is 5.92 Å². The number of phosphoric ester groups is 1. The van der Waals surface area contributed by atoms with Crippen LogP contribution in [0.5, 0.6) is 0 Å². The molecule has 0 fully saturated rings. The molecule has 10 nitrogen and oxygen atoms in total. The Morgan fingerprint density at radius 2 is 1.70 bits per heavy atom. The second-order valence-electron chi connectivity index (χ2n) is 8.69. The van der Waals surface area contributed by atoms with Crippen molar-refractivity contribution in [2.45, 2.75) is 72.2 Å². The van der Waals surface area contributed by atoms with Gasteiger partial charge >= 0.3 is 15.4 Å². The monoisotopic (exact) mass is 508 g/mol. The summed E-state index contributed by atoms with van der Waals surface area (Å²) in [6.45, 7) is 9.85. The number of carbonyl (C=O) groups excluding carboxylic acids is 2. The first kappa shape index (κ1) is 31.5. The predicted molar refractivity (Wildman–Crippen MR) is 129 cm³/mol. The molecule has 0 saturated heterocycles. The zero-order valence-corrected chi connectivity index (χ0v) is 22.2. The molecule has 0 radical (unpaired) electrons. The van der Waals surface area contributed by atoms with Gasteiger partial charge in [0.05, 0.1) is 17.8 Å². The van der Waals surface area contributed by atoms with E-state index in [1.807, 2.05) is 20.8 Å². The molecule has 1 aromatic carbocycles. The van der Waals surface area contributed by atoms with Crippen LogP contribution in [0.3, 0.4) is 0 Å². The number of hydrogen-bond donors (Lipinski definition) is 4. The van der Waals surface area contributed by atoms with Crippen molar-refractivity contribution in [3.05, 3.63) is 29.8 Å². The van der Waals surface area contributed by atoms with E-state index in [4.69, 9.17) is 4.52 Å². The van der Waals surface area contributed by atoms with E-state index in [1.165, 1.54) is 20.8 Å². The molecule has 0 saturated carbocycles. The van der Waals surface area contributed by atoms with Crippen molar-refractivity contribution in [2.24, 2.45) is 5.92 Å². The molecule has 1 aromatic rings. The largest absolute Gasteiger partial charge is 0.479 e. The van der Waals surface area contributed by atoms with Gasteiger partial charge in [-0.3, -0.25) is 13.9 Å². The van der Waals surface area contributed by atoms with Gasteiger partial charge in [0, 0.05) is 19.2 Å². The molecule has 0 spiro atoms. The van der Waals surface area contributed by atoms with E-state index in [1.54, 1.807) is 31.3 Å². The maximum absolute atomic E-state index is 11.9. The smallest absolute Gasteiger partial charge is 0.388 e. The number of aldehydes is 1. The average Bonchev–Trinajstić information content (AvgIpc) is 2.70. The number of phosphoric acid groups is 1. The number of carbonyl (C=O) groups is 2. The van der Waals surface area contributed by atoms with Crippen molar-refractivity contribution in [3.63, 3.8) is 0 Å². The van der Waals surface area contributed by atoms with Crippen LogP contribution in [-0.4, -0.2) is 40.2 Å². The van der Waals surface area contributed by atoms with Gasteiger partial charge in [0.2, 0.25) is 5.91 Å². The van der Waals surface area contributed by atoms with Crippen LogP contribution >= 0.6 is 15.4 Å². The van der Waals surface area contributed by atoms with Crippen molar-refractivity contribution >= 4 is 33.3 Å². The minimum atomic E-state index is -4.62. The van der Waals surface area contributed by atoms with E-state index in [9.17, 15) is 28.5 Å². The van der Waals surface area contributed by atoms with Gasteiger partial charge in [0.1, 0.15) is 6.29 Å². The van der Waals surface area contributed by atoms with Gasteiger partial charge < -0.3 is 25.2 Å². The first-order valence-corrected chi connectivity index (χ1v) is 13.7. The average molecular weight is 508 g/mol. The number of hydrogen-bond acceptors (Lipinski definition) is 7. The standard InChI is InChI=1S/C12H21NO6P2.C9H17NO2/c1-12(2,3)20(14,15)19-21(16,17)18-9-10-5-7-11(13-4)8-6-10;1-4-5-9(12)10-8(6-11)7(2)3/h5-8,13H,9H2,1-4H3,(H,14,15)(H,16,17);6-8H,4-5H2,1-3H3,(H,10,12)/t;8-/m.1/s1. The Morgan fingerprint density at radius 1 is 1.15 bits per heavy atom.